The summed E-state index contributed by atoms with van der Waals surface area (Å²) in [6.45, 7) is 0. The van der Waals surface area contributed by atoms with E-state index in [9.17, 15) is 22.7 Å². The van der Waals surface area contributed by atoms with Crippen molar-refractivity contribution in [2.24, 2.45) is 11.7 Å². The zero-order valence-electron chi connectivity index (χ0n) is 10.8. The standard InChI is InChI=1S/C14H17F4NO/c15-9-5-6-11(14(16,17)18)10(7-9)12(19)13(20)8-3-1-2-4-8/h5-8,12-13,20H,1-4,19H2/t12-,13+/m1/s1. The predicted molar refractivity (Wildman–Crippen MR) is 66.3 cm³/mol. The minimum Gasteiger partial charge on any atom is -0.391 e. The lowest BCUT2D eigenvalue weighted by Crippen LogP contribution is -2.33. The van der Waals surface area contributed by atoms with Crippen molar-refractivity contribution in [2.75, 3.05) is 0 Å². The summed E-state index contributed by atoms with van der Waals surface area (Å²) >= 11 is 0. The van der Waals surface area contributed by atoms with Crippen LogP contribution >= 0.6 is 0 Å². The van der Waals surface area contributed by atoms with Gasteiger partial charge in [-0.05, 0) is 42.5 Å². The molecular formula is C14H17F4NO. The Bertz CT molecular complexity index is 469. The Balaban J connectivity index is 2.32. The summed E-state index contributed by atoms with van der Waals surface area (Å²) < 4.78 is 52.0. The van der Waals surface area contributed by atoms with Crippen LogP contribution in [0, 0.1) is 11.7 Å². The van der Waals surface area contributed by atoms with Crippen molar-refractivity contribution in [1.82, 2.24) is 0 Å². The summed E-state index contributed by atoms with van der Waals surface area (Å²) in [4.78, 5) is 0. The van der Waals surface area contributed by atoms with Crippen LogP contribution in [-0.4, -0.2) is 11.2 Å². The molecule has 2 atom stereocenters. The molecule has 1 aliphatic carbocycles. The summed E-state index contributed by atoms with van der Waals surface area (Å²) in [6, 6.07) is 0.962. The minimum absolute atomic E-state index is 0.116. The summed E-state index contributed by atoms with van der Waals surface area (Å²) in [5.74, 6) is -0.906. The number of nitrogens with two attached hydrogens (primary N) is 1. The van der Waals surface area contributed by atoms with Crippen molar-refractivity contribution >= 4 is 0 Å². The number of halogens is 4. The molecule has 0 bridgehead atoms. The molecule has 1 fully saturated rings. The molecule has 0 amide bonds. The number of hydrogen-bond donors (Lipinski definition) is 2. The van der Waals surface area contributed by atoms with Gasteiger partial charge in [-0.3, -0.25) is 0 Å². The number of aliphatic hydroxyl groups excluding tert-OH is 1. The molecule has 2 rings (SSSR count). The second kappa shape index (κ2) is 5.69. The van der Waals surface area contributed by atoms with Gasteiger partial charge in [0, 0.05) is 0 Å². The Hall–Kier alpha value is -1.14. The van der Waals surface area contributed by atoms with E-state index < -0.39 is 29.7 Å². The quantitative estimate of drug-likeness (QED) is 0.838. The van der Waals surface area contributed by atoms with Gasteiger partial charge >= 0.3 is 6.18 Å². The van der Waals surface area contributed by atoms with Gasteiger partial charge < -0.3 is 10.8 Å². The van der Waals surface area contributed by atoms with Crippen molar-refractivity contribution in [3.05, 3.63) is 35.1 Å². The molecule has 3 N–H and O–H groups in total. The van der Waals surface area contributed by atoms with Crippen molar-refractivity contribution in [3.63, 3.8) is 0 Å². The summed E-state index contributed by atoms with van der Waals surface area (Å²) in [5.41, 5.74) is 4.41. The highest BCUT2D eigenvalue weighted by molar-refractivity contribution is 5.33. The van der Waals surface area contributed by atoms with E-state index in [-0.39, 0.29) is 11.5 Å². The molecule has 0 aliphatic heterocycles. The van der Waals surface area contributed by atoms with Gasteiger partial charge in [0.15, 0.2) is 0 Å². The van der Waals surface area contributed by atoms with E-state index in [0.29, 0.717) is 6.07 Å². The Morgan fingerprint density at radius 1 is 1.20 bits per heavy atom. The van der Waals surface area contributed by atoms with Gasteiger partial charge in [-0.1, -0.05) is 12.8 Å². The van der Waals surface area contributed by atoms with E-state index in [1.54, 1.807) is 0 Å². The average Bonchev–Trinajstić information content (AvgIpc) is 2.89. The summed E-state index contributed by atoms with van der Waals surface area (Å²) in [6.07, 6.45) is -2.35. The zero-order valence-corrected chi connectivity index (χ0v) is 10.8. The van der Waals surface area contributed by atoms with Crippen molar-refractivity contribution in [1.29, 1.82) is 0 Å². The Labute approximate surface area is 114 Å². The summed E-state index contributed by atoms with van der Waals surface area (Å²) in [5, 5.41) is 10.1. The third kappa shape index (κ3) is 3.12. The molecule has 0 spiro atoms. The molecule has 0 radical (unpaired) electrons. The fraction of sp³-hybridized carbons (Fsp3) is 0.571. The van der Waals surface area contributed by atoms with Gasteiger partial charge in [0.25, 0.3) is 0 Å². The van der Waals surface area contributed by atoms with E-state index in [2.05, 4.69) is 0 Å². The number of benzene rings is 1. The maximum Gasteiger partial charge on any atom is 0.416 e. The van der Waals surface area contributed by atoms with Crippen molar-refractivity contribution < 1.29 is 22.7 Å². The van der Waals surface area contributed by atoms with Gasteiger partial charge in [-0.25, -0.2) is 4.39 Å². The van der Waals surface area contributed by atoms with E-state index >= 15 is 0 Å². The van der Waals surface area contributed by atoms with Crippen LogP contribution in [0.25, 0.3) is 0 Å². The zero-order chi connectivity index (χ0) is 14.9. The lowest BCUT2D eigenvalue weighted by atomic mass is 9.88. The van der Waals surface area contributed by atoms with Gasteiger partial charge in [0.1, 0.15) is 5.82 Å². The highest BCUT2D eigenvalue weighted by atomic mass is 19.4. The minimum atomic E-state index is -4.62. The SMILES string of the molecule is N[C@H](c1cc(F)ccc1C(F)(F)F)[C@@H](O)C1CCCC1. The molecule has 0 aromatic heterocycles. The largest absolute Gasteiger partial charge is 0.416 e. The first-order chi connectivity index (χ1) is 9.30. The lowest BCUT2D eigenvalue weighted by Gasteiger charge is -2.26. The molecular weight excluding hydrogens is 274 g/mol. The monoisotopic (exact) mass is 291 g/mol. The maximum absolute atomic E-state index is 13.2. The van der Waals surface area contributed by atoms with Crippen LogP contribution in [0.2, 0.25) is 0 Å². The number of alkyl halides is 3. The molecule has 1 aromatic carbocycles. The molecule has 1 aliphatic rings. The predicted octanol–water partition coefficient (Wildman–Crippen LogP) is 3.40. The third-order valence-corrected chi connectivity index (χ3v) is 3.93. The van der Waals surface area contributed by atoms with Gasteiger partial charge in [-0.2, -0.15) is 13.2 Å². The highest BCUT2D eigenvalue weighted by Gasteiger charge is 2.38. The fourth-order valence-electron chi connectivity index (χ4n) is 2.84. The van der Waals surface area contributed by atoms with Crippen LogP contribution in [-0.2, 0) is 6.18 Å². The smallest absolute Gasteiger partial charge is 0.391 e. The normalized spacial score (nSPS) is 20.1. The van der Waals surface area contributed by atoms with Gasteiger partial charge in [-0.15, -0.1) is 0 Å². The molecule has 1 saturated carbocycles. The highest BCUT2D eigenvalue weighted by Crippen LogP contribution is 2.38. The first-order valence-electron chi connectivity index (χ1n) is 6.61. The first-order valence-corrected chi connectivity index (χ1v) is 6.61. The van der Waals surface area contributed by atoms with E-state index in [1.807, 2.05) is 0 Å². The Morgan fingerprint density at radius 3 is 2.35 bits per heavy atom. The summed E-state index contributed by atoms with van der Waals surface area (Å²) in [7, 11) is 0. The molecule has 6 heteroatoms. The number of aliphatic hydroxyl groups is 1. The second-order valence-corrected chi connectivity index (χ2v) is 5.29. The lowest BCUT2D eigenvalue weighted by molar-refractivity contribution is -0.138. The topological polar surface area (TPSA) is 46.2 Å². The number of rotatable bonds is 3. The van der Waals surface area contributed by atoms with Gasteiger partial charge in [0.05, 0.1) is 17.7 Å². The second-order valence-electron chi connectivity index (χ2n) is 5.29. The van der Waals surface area contributed by atoms with Crippen LogP contribution in [0.15, 0.2) is 18.2 Å². The maximum atomic E-state index is 13.2. The van der Waals surface area contributed by atoms with E-state index in [4.69, 9.17) is 5.73 Å². The van der Waals surface area contributed by atoms with Crippen LogP contribution in [0.3, 0.4) is 0 Å². The fourth-order valence-corrected chi connectivity index (χ4v) is 2.84. The van der Waals surface area contributed by atoms with Crippen LogP contribution in [0.1, 0.15) is 42.9 Å². The Kier molecular flexibility index (Phi) is 4.34. The Morgan fingerprint density at radius 2 is 1.80 bits per heavy atom. The van der Waals surface area contributed by atoms with Gasteiger partial charge in [0.2, 0.25) is 0 Å². The van der Waals surface area contributed by atoms with Crippen LogP contribution in [0.4, 0.5) is 17.6 Å². The molecule has 2 nitrogen and oxygen atoms in total. The first kappa shape index (κ1) is 15.3. The van der Waals surface area contributed by atoms with E-state index in [1.165, 1.54) is 0 Å². The van der Waals surface area contributed by atoms with Crippen molar-refractivity contribution in [3.8, 4) is 0 Å². The molecule has 0 saturated heterocycles. The van der Waals surface area contributed by atoms with Crippen LogP contribution < -0.4 is 5.73 Å². The van der Waals surface area contributed by atoms with Crippen molar-refractivity contribution in [2.45, 2.75) is 44.0 Å². The van der Waals surface area contributed by atoms with E-state index in [0.717, 1.165) is 37.8 Å². The molecule has 0 heterocycles. The van der Waals surface area contributed by atoms with Crippen LogP contribution in [0.5, 0.6) is 0 Å². The average molecular weight is 291 g/mol. The molecule has 112 valence electrons. The molecule has 1 aromatic rings. The molecule has 0 unspecified atom stereocenters. The third-order valence-electron chi connectivity index (χ3n) is 3.93. The molecule has 20 heavy (non-hydrogen) atoms. The number of hydrogen-bond acceptors (Lipinski definition) is 2.